The van der Waals surface area contributed by atoms with Gasteiger partial charge in [-0.25, -0.2) is 4.68 Å². The number of ether oxygens (including phenoxy) is 1. The summed E-state index contributed by atoms with van der Waals surface area (Å²) in [5, 5.41) is 12.2. The Kier molecular flexibility index (Phi) is 8.55. The molecule has 0 unspecified atom stereocenters. The minimum absolute atomic E-state index is 0. The van der Waals surface area contributed by atoms with Crippen LogP contribution in [0.1, 0.15) is 51.8 Å². The molecular formula is C28H32Cl2N6O2. The second-order valence-corrected chi connectivity index (χ2v) is 9.66. The van der Waals surface area contributed by atoms with Crippen LogP contribution in [-0.4, -0.2) is 57.5 Å². The van der Waals surface area contributed by atoms with Crippen LogP contribution in [0.5, 0.6) is 5.75 Å². The highest BCUT2D eigenvalue weighted by molar-refractivity contribution is 5.93. The second kappa shape index (κ2) is 11.7. The first-order chi connectivity index (χ1) is 17.6. The van der Waals surface area contributed by atoms with E-state index >= 15 is 0 Å². The molecule has 0 radical (unpaired) electrons. The van der Waals surface area contributed by atoms with Crippen molar-refractivity contribution in [1.29, 1.82) is 0 Å². The smallest absolute Gasteiger partial charge is 0.273 e. The van der Waals surface area contributed by atoms with Gasteiger partial charge in [-0.1, -0.05) is 35.5 Å². The first kappa shape index (κ1) is 27.8. The number of halogens is 2. The third-order valence-electron chi connectivity index (χ3n) is 7.49. The highest BCUT2D eigenvalue weighted by Crippen LogP contribution is 2.35. The number of pyridine rings is 1. The molecule has 2 aromatic carbocycles. The Morgan fingerprint density at radius 2 is 1.87 bits per heavy atom. The van der Waals surface area contributed by atoms with Crippen LogP contribution in [0, 0.1) is 6.92 Å². The number of nitrogens with one attached hydrogen (secondary N) is 1. The van der Waals surface area contributed by atoms with Crippen molar-refractivity contribution in [2.75, 3.05) is 26.7 Å². The number of carbonyl (C=O) groups excluding carboxylic acids is 1. The molecule has 10 heteroatoms. The lowest BCUT2D eigenvalue weighted by molar-refractivity contribution is 0.0955. The highest BCUT2D eigenvalue weighted by atomic mass is 35.5. The maximum absolute atomic E-state index is 12.1. The molecule has 38 heavy (non-hydrogen) atoms. The van der Waals surface area contributed by atoms with Crippen LogP contribution in [0.25, 0.3) is 16.6 Å². The van der Waals surface area contributed by atoms with E-state index in [2.05, 4.69) is 56.9 Å². The van der Waals surface area contributed by atoms with Crippen LogP contribution in [0.2, 0.25) is 0 Å². The van der Waals surface area contributed by atoms with Crippen molar-refractivity contribution in [3.63, 3.8) is 0 Å². The molecule has 0 bridgehead atoms. The Hall–Kier alpha value is -3.20. The molecule has 0 atom stereocenters. The van der Waals surface area contributed by atoms with Gasteiger partial charge in [0.2, 0.25) is 0 Å². The van der Waals surface area contributed by atoms with Gasteiger partial charge in [0, 0.05) is 24.7 Å². The van der Waals surface area contributed by atoms with Gasteiger partial charge in [0.15, 0.2) is 5.69 Å². The lowest BCUT2D eigenvalue weighted by atomic mass is 9.87. The largest absolute Gasteiger partial charge is 0.485 e. The van der Waals surface area contributed by atoms with Crippen LogP contribution in [0.3, 0.4) is 0 Å². The maximum atomic E-state index is 12.1. The van der Waals surface area contributed by atoms with E-state index in [0.717, 1.165) is 67.1 Å². The fourth-order valence-corrected chi connectivity index (χ4v) is 5.54. The predicted molar refractivity (Wildman–Crippen MR) is 152 cm³/mol. The van der Waals surface area contributed by atoms with Crippen molar-refractivity contribution in [2.45, 2.75) is 38.7 Å². The molecular weight excluding hydrogens is 523 g/mol. The predicted octanol–water partition coefficient (Wildman–Crippen LogP) is 4.64. The van der Waals surface area contributed by atoms with E-state index in [0.29, 0.717) is 17.3 Å². The zero-order valence-corrected chi connectivity index (χ0v) is 23.1. The van der Waals surface area contributed by atoms with E-state index in [1.54, 1.807) is 11.7 Å². The first-order valence-corrected chi connectivity index (χ1v) is 12.6. The summed E-state index contributed by atoms with van der Waals surface area (Å²) in [6, 6.07) is 17.0. The number of nitrogens with zero attached hydrogens (tertiary/aromatic N) is 5. The molecule has 1 N–H and O–H groups in total. The lowest BCUT2D eigenvalue weighted by Gasteiger charge is -2.33. The van der Waals surface area contributed by atoms with Gasteiger partial charge in [-0.05, 0) is 74.5 Å². The van der Waals surface area contributed by atoms with Gasteiger partial charge in [-0.3, -0.25) is 9.78 Å². The molecule has 2 aromatic heterocycles. The normalized spacial score (nSPS) is 15.0. The van der Waals surface area contributed by atoms with E-state index < -0.39 is 0 Å². The fourth-order valence-electron chi connectivity index (χ4n) is 5.54. The average Bonchev–Trinajstić information content (AvgIpc) is 3.36. The third kappa shape index (κ3) is 5.08. The Labute approximate surface area is 234 Å². The SMILES string of the molecule is CNC(=O)c1nnn2c1COc1c(CCN3CCC(c4cccc5nc(C)ccc45)CC3)cccc1-2.Cl.Cl. The number of amides is 1. The third-order valence-corrected chi connectivity index (χ3v) is 7.49. The molecule has 1 amide bonds. The minimum atomic E-state index is -0.252. The second-order valence-electron chi connectivity index (χ2n) is 9.66. The Balaban J connectivity index is 0.00000168. The molecule has 1 saturated heterocycles. The monoisotopic (exact) mass is 554 g/mol. The summed E-state index contributed by atoms with van der Waals surface area (Å²) in [6.45, 7) is 5.48. The number of benzene rings is 2. The van der Waals surface area contributed by atoms with Crippen molar-refractivity contribution >= 4 is 41.6 Å². The standard InChI is InChI=1S/C28H30N6O2.2ClH/c1-18-9-10-22-21(6-4-7-23(22)30-18)19-11-14-33(15-12-19)16-13-20-5-3-8-24-27(20)36-17-25-26(28(35)29-2)31-32-34(24)25;;/h3-10,19H,11-17H2,1-2H3,(H,29,35);2*1H. The summed E-state index contributed by atoms with van der Waals surface area (Å²) in [7, 11) is 1.59. The van der Waals surface area contributed by atoms with Crippen LogP contribution in [0.15, 0.2) is 48.5 Å². The van der Waals surface area contributed by atoms with E-state index in [4.69, 9.17) is 9.72 Å². The molecule has 4 heterocycles. The van der Waals surface area contributed by atoms with Crippen molar-refractivity contribution in [2.24, 2.45) is 0 Å². The van der Waals surface area contributed by atoms with E-state index in [-0.39, 0.29) is 37.3 Å². The van der Waals surface area contributed by atoms with Gasteiger partial charge in [0.25, 0.3) is 5.91 Å². The van der Waals surface area contributed by atoms with Crippen molar-refractivity contribution in [3.8, 4) is 11.4 Å². The van der Waals surface area contributed by atoms with E-state index in [9.17, 15) is 4.79 Å². The molecule has 0 saturated carbocycles. The molecule has 0 spiro atoms. The summed E-state index contributed by atoms with van der Waals surface area (Å²) in [5.41, 5.74) is 6.59. The number of rotatable bonds is 5. The summed E-state index contributed by atoms with van der Waals surface area (Å²) in [6.07, 6.45) is 3.21. The number of fused-ring (bicyclic) bond motifs is 4. The number of para-hydroxylation sites is 1. The molecule has 2 aliphatic rings. The van der Waals surface area contributed by atoms with Crippen LogP contribution in [-0.2, 0) is 13.0 Å². The van der Waals surface area contributed by atoms with Crippen LogP contribution < -0.4 is 10.1 Å². The van der Waals surface area contributed by atoms with Gasteiger partial charge in [-0.2, -0.15) is 0 Å². The zero-order chi connectivity index (χ0) is 24.6. The van der Waals surface area contributed by atoms with Crippen molar-refractivity contribution in [1.82, 2.24) is 30.2 Å². The van der Waals surface area contributed by atoms with Crippen molar-refractivity contribution < 1.29 is 9.53 Å². The Bertz CT molecular complexity index is 1450. The average molecular weight is 556 g/mol. The quantitative estimate of drug-likeness (QED) is 0.386. The molecule has 2 aliphatic heterocycles. The number of piperidine rings is 1. The molecule has 1 fully saturated rings. The van der Waals surface area contributed by atoms with Gasteiger partial charge < -0.3 is 15.0 Å². The number of aromatic nitrogens is 4. The van der Waals surface area contributed by atoms with Gasteiger partial charge >= 0.3 is 0 Å². The lowest BCUT2D eigenvalue weighted by Crippen LogP contribution is -2.34. The van der Waals surface area contributed by atoms with Crippen LogP contribution >= 0.6 is 24.8 Å². The molecule has 200 valence electrons. The van der Waals surface area contributed by atoms with E-state index in [1.165, 1.54) is 10.9 Å². The maximum Gasteiger partial charge on any atom is 0.273 e. The first-order valence-electron chi connectivity index (χ1n) is 12.6. The molecule has 8 nitrogen and oxygen atoms in total. The molecule has 0 aliphatic carbocycles. The zero-order valence-electron chi connectivity index (χ0n) is 21.5. The van der Waals surface area contributed by atoms with Gasteiger partial charge in [0.05, 0.1) is 5.52 Å². The van der Waals surface area contributed by atoms with Crippen molar-refractivity contribution in [3.05, 3.63) is 76.7 Å². The van der Waals surface area contributed by atoms with Gasteiger partial charge in [-0.15, -0.1) is 29.9 Å². The van der Waals surface area contributed by atoms with E-state index in [1.807, 2.05) is 19.1 Å². The number of likely N-dealkylation sites (tertiary alicyclic amines) is 1. The van der Waals surface area contributed by atoms with Crippen LogP contribution in [0.4, 0.5) is 0 Å². The summed E-state index contributed by atoms with van der Waals surface area (Å²) < 4.78 is 7.87. The molecule has 4 aromatic rings. The Morgan fingerprint density at radius 1 is 1.08 bits per heavy atom. The number of aryl methyl sites for hydroxylation is 1. The molecule has 6 rings (SSSR count). The summed E-state index contributed by atoms with van der Waals surface area (Å²) in [5.74, 6) is 1.16. The van der Waals surface area contributed by atoms with Gasteiger partial charge in [0.1, 0.15) is 23.7 Å². The topological polar surface area (TPSA) is 85.2 Å². The number of hydrogen-bond acceptors (Lipinski definition) is 6. The minimum Gasteiger partial charge on any atom is -0.485 e. The highest BCUT2D eigenvalue weighted by Gasteiger charge is 2.28. The fraction of sp³-hybridized carbons (Fsp3) is 0.357. The number of hydrogen-bond donors (Lipinski definition) is 1. The number of carbonyl (C=O) groups is 1. The Morgan fingerprint density at radius 3 is 2.66 bits per heavy atom. The summed E-state index contributed by atoms with van der Waals surface area (Å²) >= 11 is 0. The summed E-state index contributed by atoms with van der Waals surface area (Å²) in [4.78, 5) is 19.4.